The molecule has 2 radical (unpaired) electrons. The van der Waals surface area contributed by atoms with Crippen molar-refractivity contribution >= 4 is 38.2 Å². The van der Waals surface area contributed by atoms with Crippen molar-refractivity contribution in [1.29, 1.82) is 0 Å². The van der Waals surface area contributed by atoms with Crippen LogP contribution in [0.1, 0.15) is 17.9 Å². The lowest BCUT2D eigenvalue weighted by atomic mass is 9.65. The molecule has 1 fully saturated rings. The van der Waals surface area contributed by atoms with E-state index in [1.54, 1.807) is 36.2 Å². The number of fused-ring (bicyclic) bond motifs is 1. The van der Waals surface area contributed by atoms with Crippen LogP contribution in [0.25, 0.3) is 22.3 Å². The van der Waals surface area contributed by atoms with E-state index in [0.717, 1.165) is 6.07 Å². The van der Waals surface area contributed by atoms with Crippen molar-refractivity contribution in [3.63, 3.8) is 0 Å². The number of nitrogens with zero attached hydrogens (tertiary/aromatic N) is 1. The number of hydrogen-bond donors (Lipinski definition) is 4. The van der Waals surface area contributed by atoms with E-state index in [9.17, 15) is 29.4 Å². The lowest BCUT2D eigenvalue weighted by molar-refractivity contribution is 0.0222. The summed E-state index contributed by atoms with van der Waals surface area (Å²) in [5, 5.41) is 21.3. The zero-order valence-corrected chi connectivity index (χ0v) is 19.1. The molecule has 0 amide bonds. The molecule has 4 rings (SSSR count). The zero-order valence-electron chi connectivity index (χ0n) is 17.4. The first-order valence-electron chi connectivity index (χ1n) is 9.91. The van der Waals surface area contributed by atoms with E-state index in [1.165, 1.54) is 6.07 Å². The smallest absolute Gasteiger partial charge is 0.469 e. The molecule has 12 heteroatoms. The van der Waals surface area contributed by atoms with Crippen molar-refractivity contribution < 1.29 is 33.5 Å². The van der Waals surface area contributed by atoms with Gasteiger partial charge in [0, 0.05) is 35.7 Å². The fourth-order valence-electron chi connectivity index (χ4n) is 4.36. The Morgan fingerprint density at radius 3 is 2.61 bits per heavy atom. The monoisotopic (exact) mass is 491 g/mol. The maximum absolute atomic E-state index is 13.0. The topological polar surface area (TPSA) is 141 Å². The molecule has 0 spiro atoms. The van der Waals surface area contributed by atoms with E-state index in [2.05, 4.69) is 0 Å². The maximum atomic E-state index is 13.0. The molecule has 1 aliphatic heterocycles. The Morgan fingerprint density at radius 1 is 1.24 bits per heavy atom. The Kier molecular flexibility index (Phi) is 6.11. The predicted octanol–water partition coefficient (Wildman–Crippen LogP) is 2.92. The molecule has 33 heavy (non-hydrogen) atoms. The highest BCUT2D eigenvalue weighted by atomic mass is 35.5. The number of rotatable bonds is 4. The minimum Gasteiger partial charge on any atom is -0.507 e. The van der Waals surface area contributed by atoms with Crippen LogP contribution in [0.3, 0.4) is 0 Å². The third-order valence-corrected chi connectivity index (χ3v) is 6.59. The standard InChI is InChI=1S/C21H20BClNO8P/c1-24-7-6-12(21(22,10-24)32-33(28,29)30)18-14(25)8-15(26)19-16(27)9-17(31-20(18)19)11-4-2-3-5-13(11)23/h2-5,8-9,12,25-26H,6-7,10H2,1H3,(H2,28,29,30)/t12-,21-/m1/s1. The first-order chi connectivity index (χ1) is 15.4. The van der Waals surface area contributed by atoms with Crippen LogP contribution in [0.2, 0.25) is 5.02 Å². The number of phenols is 2. The van der Waals surface area contributed by atoms with Crippen LogP contribution in [0.5, 0.6) is 11.5 Å². The van der Waals surface area contributed by atoms with Crippen LogP contribution in [0.4, 0.5) is 0 Å². The van der Waals surface area contributed by atoms with Crippen molar-refractivity contribution in [2.45, 2.75) is 17.8 Å². The molecule has 2 aromatic carbocycles. The summed E-state index contributed by atoms with van der Waals surface area (Å²) in [6.07, 6.45) is 0.209. The normalized spacial score (nSPS) is 22.0. The number of aromatic hydroxyl groups is 2. The lowest BCUT2D eigenvalue weighted by Gasteiger charge is -2.45. The Balaban J connectivity index is 2.01. The van der Waals surface area contributed by atoms with Crippen LogP contribution < -0.4 is 5.43 Å². The van der Waals surface area contributed by atoms with Gasteiger partial charge in [-0.15, -0.1) is 0 Å². The van der Waals surface area contributed by atoms with E-state index in [-0.39, 0.29) is 35.3 Å². The lowest BCUT2D eigenvalue weighted by Crippen LogP contribution is -2.53. The van der Waals surface area contributed by atoms with Gasteiger partial charge in [0.25, 0.3) is 0 Å². The minimum absolute atomic E-state index is 0.00199. The second-order valence-corrected chi connectivity index (χ2v) is 9.67. The van der Waals surface area contributed by atoms with Crippen molar-refractivity contribution in [1.82, 2.24) is 4.90 Å². The van der Waals surface area contributed by atoms with Crippen LogP contribution in [-0.2, 0) is 9.09 Å². The molecule has 0 unspecified atom stereocenters. The Labute approximate surface area is 194 Å². The summed E-state index contributed by atoms with van der Waals surface area (Å²) >= 11 is 6.25. The van der Waals surface area contributed by atoms with Crippen molar-refractivity contribution in [3.8, 4) is 22.8 Å². The second-order valence-electron chi connectivity index (χ2n) is 8.10. The van der Waals surface area contributed by atoms with Gasteiger partial charge in [-0.25, -0.2) is 4.57 Å². The fraction of sp³-hybridized carbons (Fsp3) is 0.286. The van der Waals surface area contributed by atoms with Gasteiger partial charge in [0.2, 0.25) is 0 Å². The molecule has 2 atom stereocenters. The summed E-state index contributed by atoms with van der Waals surface area (Å²) in [5.41, 5.74) is -2.31. The van der Waals surface area contributed by atoms with E-state index >= 15 is 0 Å². The molecule has 3 aromatic rings. The summed E-state index contributed by atoms with van der Waals surface area (Å²) in [4.78, 5) is 33.6. The summed E-state index contributed by atoms with van der Waals surface area (Å²) in [5.74, 6) is -1.89. The van der Waals surface area contributed by atoms with Gasteiger partial charge in [-0.05, 0) is 32.1 Å². The van der Waals surface area contributed by atoms with Crippen LogP contribution in [0.15, 0.2) is 45.6 Å². The van der Waals surface area contributed by atoms with E-state index in [0.29, 0.717) is 17.1 Å². The molecule has 1 aliphatic rings. The number of phosphoric acid groups is 1. The number of likely N-dealkylation sites (N-methyl/N-ethyl adjacent to an activating group) is 1. The number of phenolic OH excluding ortho intramolecular Hbond substituents is 2. The van der Waals surface area contributed by atoms with Gasteiger partial charge in [-0.3, -0.25) is 9.32 Å². The van der Waals surface area contributed by atoms with Crippen LogP contribution >= 0.6 is 19.4 Å². The van der Waals surface area contributed by atoms with Gasteiger partial charge in [0.15, 0.2) is 5.43 Å². The van der Waals surface area contributed by atoms with Gasteiger partial charge < -0.3 is 29.3 Å². The fourth-order valence-corrected chi connectivity index (χ4v) is 5.22. The number of piperidine rings is 1. The molecule has 0 saturated carbocycles. The van der Waals surface area contributed by atoms with Crippen molar-refractivity contribution in [2.75, 3.05) is 20.1 Å². The highest BCUT2D eigenvalue weighted by Crippen LogP contribution is 2.51. The van der Waals surface area contributed by atoms with Gasteiger partial charge in [0.05, 0.1) is 10.5 Å². The molecule has 1 saturated heterocycles. The average molecular weight is 492 g/mol. The highest BCUT2D eigenvalue weighted by molar-refractivity contribution is 7.46. The average Bonchev–Trinajstić information content (AvgIpc) is 2.67. The number of phosphoric ester groups is 1. The Morgan fingerprint density at radius 2 is 1.94 bits per heavy atom. The van der Waals surface area contributed by atoms with Gasteiger partial charge in [-0.2, -0.15) is 0 Å². The molecule has 2 heterocycles. The second kappa shape index (κ2) is 8.47. The Bertz CT molecular complexity index is 1340. The molecule has 172 valence electrons. The highest BCUT2D eigenvalue weighted by Gasteiger charge is 2.46. The van der Waals surface area contributed by atoms with E-state index in [1.807, 2.05) is 0 Å². The summed E-state index contributed by atoms with van der Waals surface area (Å²) in [6, 6.07) is 8.78. The van der Waals surface area contributed by atoms with Gasteiger partial charge in [0.1, 0.15) is 36.1 Å². The minimum atomic E-state index is -5.03. The quantitative estimate of drug-likeness (QED) is 0.320. The Hall–Kier alpha value is -2.33. The first-order valence-corrected chi connectivity index (χ1v) is 11.8. The number of hydrogen-bond acceptors (Lipinski definition) is 7. The molecule has 0 bridgehead atoms. The number of halogens is 1. The van der Waals surface area contributed by atoms with Crippen LogP contribution in [-0.4, -0.2) is 58.4 Å². The summed E-state index contributed by atoms with van der Waals surface area (Å²) < 4.78 is 22.7. The third kappa shape index (κ3) is 4.55. The summed E-state index contributed by atoms with van der Waals surface area (Å²) in [7, 11) is 3.02. The van der Waals surface area contributed by atoms with Gasteiger partial charge >= 0.3 is 7.82 Å². The molecule has 4 N–H and O–H groups in total. The maximum Gasteiger partial charge on any atom is 0.469 e. The zero-order chi connectivity index (χ0) is 24.1. The van der Waals surface area contributed by atoms with E-state index < -0.39 is 36.2 Å². The molecular formula is C21H20BClNO8P. The number of benzene rings is 2. The first kappa shape index (κ1) is 23.8. The molecule has 1 aromatic heterocycles. The van der Waals surface area contributed by atoms with Crippen molar-refractivity contribution in [3.05, 3.63) is 57.2 Å². The van der Waals surface area contributed by atoms with E-state index in [4.69, 9.17) is 28.4 Å². The predicted molar refractivity (Wildman–Crippen MR) is 123 cm³/mol. The third-order valence-electron chi connectivity index (χ3n) is 5.68. The van der Waals surface area contributed by atoms with Crippen molar-refractivity contribution in [2.24, 2.45) is 0 Å². The molecule has 9 nitrogen and oxygen atoms in total. The summed E-state index contributed by atoms with van der Waals surface area (Å²) in [6.45, 7) is 0.364. The molecule has 0 aliphatic carbocycles. The SMILES string of the molecule is [B][C@@]1(OP(=O)(O)O)CN(C)CC[C@@H]1c1c(O)cc(O)c2c(=O)cc(-c3ccccc3Cl)oc12. The largest absolute Gasteiger partial charge is 0.507 e. The van der Waals surface area contributed by atoms with Crippen LogP contribution in [0, 0.1) is 0 Å². The van der Waals surface area contributed by atoms with Gasteiger partial charge in [-0.1, -0.05) is 23.7 Å². The molecular weight excluding hydrogens is 471 g/mol. The number of likely N-dealkylation sites (tertiary alicyclic amines) is 1.